The number of hydrogen-bond acceptors (Lipinski definition) is 4. The summed E-state index contributed by atoms with van der Waals surface area (Å²) in [5.41, 5.74) is 1.63. The maximum absolute atomic E-state index is 12.2. The average Bonchev–Trinajstić information content (AvgIpc) is 2.53. The molecule has 0 aromatic heterocycles. The molecule has 128 valence electrons. The maximum Gasteiger partial charge on any atom is 0.269 e. The number of benzene rings is 2. The molecule has 24 heavy (non-hydrogen) atoms. The predicted molar refractivity (Wildman–Crippen MR) is 93.1 cm³/mol. The Morgan fingerprint density at radius 3 is 2.25 bits per heavy atom. The van der Waals surface area contributed by atoms with E-state index in [2.05, 4.69) is 4.72 Å². The van der Waals surface area contributed by atoms with Crippen LogP contribution in [0.1, 0.15) is 24.5 Å². The molecule has 0 aliphatic rings. The van der Waals surface area contributed by atoms with Crippen molar-refractivity contribution in [3.63, 3.8) is 0 Å². The van der Waals surface area contributed by atoms with Gasteiger partial charge in [0, 0.05) is 18.2 Å². The lowest BCUT2D eigenvalue weighted by Gasteiger charge is -2.14. The number of rotatable bonds is 8. The Kier molecular flexibility index (Phi) is 6.05. The Bertz CT molecular complexity index is 774. The number of nitro benzene ring substituents is 1. The van der Waals surface area contributed by atoms with Crippen LogP contribution < -0.4 is 4.72 Å². The number of aryl methyl sites for hydroxylation is 1. The van der Waals surface area contributed by atoms with Gasteiger partial charge in [-0.2, -0.15) is 0 Å². The van der Waals surface area contributed by atoms with Crippen molar-refractivity contribution in [1.29, 1.82) is 0 Å². The van der Waals surface area contributed by atoms with Gasteiger partial charge in [-0.05, 0) is 30.9 Å². The van der Waals surface area contributed by atoms with Crippen LogP contribution in [0.25, 0.3) is 0 Å². The largest absolute Gasteiger partial charge is 0.269 e. The van der Waals surface area contributed by atoms with Crippen LogP contribution in [0.3, 0.4) is 0 Å². The first-order valence-corrected chi connectivity index (χ1v) is 9.28. The SMILES string of the molecule is CC(CCc1ccccc1)NS(=O)(=O)Cc1ccc([N+](=O)[O-])cc1. The van der Waals surface area contributed by atoms with Gasteiger partial charge in [0.15, 0.2) is 0 Å². The highest BCUT2D eigenvalue weighted by molar-refractivity contribution is 7.88. The fourth-order valence-electron chi connectivity index (χ4n) is 2.37. The molecule has 1 unspecified atom stereocenters. The number of sulfonamides is 1. The zero-order valence-electron chi connectivity index (χ0n) is 13.4. The van der Waals surface area contributed by atoms with Crippen LogP contribution >= 0.6 is 0 Å². The number of nitrogens with one attached hydrogen (secondary N) is 1. The van der Waals surface area contributed by atoms with E-state index >= 15 is 0 Å². The summed E-state index contributed by atoms with van der Waals surface area (Å²) in [5, 5.41) is 10.6. The van der Waals surface area contributed by atoms with Gasteiger partial charge in [-0.15, -0.1) is 0 Å². The Labute approximate surface area is 141 Å². The maximum atomic E-state index is 12.2. The van der Waals surface area contributed by atoms with E-state index in [4.69, 9.17) is 0 Å². The van der Waals surface area contributed by atoms with E-state index in [1.807, 2.05) is 37.3 Å². The summed E-state index contributed by atoms with van der Waals surface area (Å²) < 4.78 is 27.0. The third kappa shape index (κ3) is 5.75. The summed E-state index contributed by atoms with van der Waals surface area (Å²) in [6, 6.07) is 15.2. The number of non-ortho nitro benzene ring substituents is 1. The highest BCUT2D eigenvalue weighted by atomic mass is 32.2. The van der Waals surface area contributed by atoms with Crippen molar-refractivity contribution in [2.24, 2.45) is 0 Å². The topological polar surface area (TPSA) is 89.3 Å². The molecule has 1 N–H and O–H groups in total. The van der Waals surface area contributed by atoms with Gasteiger partial charge in [0.1, 0.15) is 0 Å². The molecular weight excluding hydrogens is 328 g/mol. The molecule has 0 amide bonds. The molecule has 0 bridgehead atoms. The molecule has 0 aliphatic carbocycles. The van der Waals surface area contributed by atoms with E-state index in [-0.39, 0.29) is 17.5 Å². The van der Waals surface area contributed by atoms with Gasteiger partial charge >= 0.3 is 0 Å². The van der Waals surface area contributed by atoms with Gasteiger partial charge < -0.3 is 0 Å². The van der Waals surface area contributed by atoms with Crippen LogP contribution in [0.5, 0.6) is 0 Å². The molecule has 6 nitrogen and oxygen atoms in total. The zero-order chi connectivity index (χ0) is 17.6. The van der Waals surface area contributed by atoms with Gasteiger partial charge in [-0.1, -0.05) is 42.5 Å². The van der Waals surface area contributed by atoms with Crippen molar-refractivity contribution in [2.75, 3.05) is 0 Å². The van der Waals surface area contributed by atoms with Crippen LogP contribution in [0.2, 0.25) is 0 Å². The minimum Gasteiger partial charge on any atom is -0.258 e. The van der Waals surface area contributed by atoms with Gasteiger partial charge in [-0.3, -0.25) is 10.1 Å². The number of hydrogen-bond donors (Lipinski definition) is 1. The molecule has 2 rings (SSSR count). The molecule has 2 aromatic carbocycles. The van der Waals surface area contributed by atoms with E-state index < -0.39 is 14.9 Å². The Morgan fingerprint density at radius 2 is 1.67 bits per heavy atom. The van der Waals surface area contributed by atoms with E-state index in [1.165, 1.54) is 29.8 Å². The molecule has 0 saturated heterocycles. The summed E-state index contributed by atoms with van der Waals surface area (Å²) >= 11 is 0. The minimum absolute atomic E-state index is 0.0552. The van der Waals surface area contributed by atoms with Crippen molar-refractivity contribution >= 4 is 15.7 Å². The zero-order valence-corrected chi connectivity index (χ0v) is 14.2. The van der Waals surface area contributed by atoms with E-state index in [1.54, 1.807) is 0 Å². The molecular formula is C17H20N2O4S. The highest BCUT2D eigenvalue weighted by Crippen LogP contribution is 2.14. The van der Waals surface area contributed by atoms with E-state index in [0.29, 0.717) is 12.0 Å². The Hall–Kier alpha value is -2.25. The Balaban J connectivity index is 1.89. The number of nitrogens with zero attached hydrogens (tertiary/aromatic N) is 1. The lowest BCUT2D eigenvalue weighted by Crippen LogP contribution is -2.33. The van der Waals surface area contributed by atoms with Crippen molar-refractivity contribution in [1.82, 2.24) is 4.72 Å². The van der Waals surface area contributed by atoms with Crippen molar-refractivity contribution in [3.8, 4) is 0 Å². The second kappa shape index (κ2) is 8.03. The summed E-state index contributed by atoms with van der Waals surface area (Å²) in [7, 11) is -3.49. The third-order valence-corrected chi connectivity index (χ3v) is 5.07. The fourth-order valence-corrected chi connectivity index (χ4v) is 3.81. The minimum atomic E-state index is -3.49. The first-order chi connectivity index (χ1) is 11.4. The Morgan fingerprint density at radius 1 is 1.04 bits per heavy atom. The summed E-state index contributed by atoms with van der Waals surface area (Å²) in [6.45, 7) is 1.83. The molecule has 0 radical (unpaired) electrons. The van der Waals surface area contributed by atoms with Gasteiger partial charge in [0.25, 0.3) is 5.69 Å². The summed E-state index contributed by atoms with van der Waals surface area (Å²) in [6.07, 6.45) is 1.49. The standard InChI is InChI=1S/C17H20N2O4S/c1-14(7-8-15-5-3-2-4-6-15)18-24(22,23)13-16-9-11-17(12-10-16)19(20)21/h2-6,9-12,14,18H,7-8,13H2,1H3. The second-order valence-electron chi connectivity index (χ2n) is 5.73. The molecule has 0 spiro atoms. The molecule has 0 heterocycles. The molecule has 7 heteroatoms. The second-order valence-corrected chi connectivity index (χ2v) is 7.48. The van der Waals surface area contributed by atoms with Crippen LogP contribution in [-0.2, 0) is 22.2 Å². The average molecular weight is 348 g/mol. The quantitative estimate of drug-likeness (QED) is 0.586. The van der Waals surface area contributed by atoms with Crippen LogP contribution in [-0.4, -0.2) is 19.4 Å². The lowest BCUT2D eigenvalue weighted by atomic mass is 10.1. The van der Waals surface area contributed by atoms with Crippen molar-refractivity contribution < 1.29 is 13.3 Å². The van der Waals surface area contributed by atoms with Crippen LogP contribution in [0.15, 0.2) is 54.6 Å². The number of nitro groups is 1. The smallest absolute Gasteiger partial charge is 0.258 e. The third-order valence-electron chi connectivity index (χ3n) is 3.59. The summed E-state index contributed by atoms with van der Waals surface area (Å²) in [4.78, 5) is 10.1. The van der Waals surface area contributed by atoms with Gasteiger partial charge in [-0.25, -0.2) is 13.1 Å². The normalized spacial score (nSPS) is 12.7. The first kappa shape index (κ1) is 18.1. The highest BCUT2D eigenvalue weighted by Gasteiger charge is 2.16. The van der Waals surface area contributed by atoms with E-state index in [9.17, 15) is 18.5 Å². The van der Waals surface area contributed by atoms with Crippen molar-refractivity contribution in [2.45, 2.75) is 31.6 Å². The molecule has 1 atom stereocenters. The predicted octanol–water partition coefficient (Wildman–Crippen LogP) is 3.04. The van der Waals surface area contributed by atoms with E-state index in [0.717, 1.165) is 6.42 Å². The van der Waals surface area contributed by atoms with Crippen molar-refractivity contribution in [3.05, 3.63) is 75.8 Å². The van der Waals surface area contributed by atoms with Crippen LogP contribution in [0.4, 0.5) is 5.69 Å². The molecule has 0 aliphatic heterocycles. The molecule has 2 aromatic rings. The van der Waals surface area contributed by atoms with Gasteiger partial charge in [0.2, 0.25) is 10.0 Å². The molecule has 0 fully saturated rings. The van der Waals surface area contributed by atoms with Gasteiger partial charge in [0.05, 0.1) is 10.7 Å². The lowest BCUT2D eigenvalue weighted by molar-refractivity contribution is -0.384. The van der Waals surface area contributed by atoms with Crippen LogP contribution in [0, 0.1) is 10.1 Å². The first-order valence-electron chi connectivity index (χ1n) is 7.63. The molecule has 0 saturated carbocycles. The fraction of sp³-hybridized carbons (Fsp3) is 0.294. The summed E-state index contributed by atoms with van der Waals surface area (Å²) in [5.74, 6) is -0.194. The monoisotopic (exact) mass is 348 g/mol.